The lowest BCUT2D eigenvalue weighted by Crippen LogP contribution is -2.29. The zero-order valence-electron chi connectivity index (χ0n) is 19.1. The van der Waals surface area contributed by atoms with E-state index in [1.165, 1.54) is 27.7 Å². The molecule has 0 fully saturated rings. The van der Waals surface area contributed by atoms with E-state index in [-0.39, 0.29) is 12.0 Å². The van der Waals surface area contributed by atoms with Gasteiger partial charge < -0.3 is 15.0 Å². The molecule has 31 heavy (non-hydrogen) atoms. The van der Waals surface area contributed by atoms with Crippen LogP contribution in [0.4, 0.5) is 0 Å². The van der Waals surface area contributed by atoms with Crippen LogP contribution >= 0.6 is 0 Å². The lowest BCUT2D eigenvalue weighted by atomic mass is 9.75. The van der Waals surface area contributed by atoms with Crippen LogP contribution in [0.2, 0.25) is 0 Å². The molecule has 0 bridgehead atoms. The number of carbonyl (C=O) groups is 1. The summed E-state index contributed by atoms with van der Waals surface area (Å²) in [5, 5.41) is 1.27. The number of rotatable bonds is 5. The Hall–Kier alpha value is -2.59. The summed E-state index contributed by atoms with van der Waals surface area (Å²) >= 11 is 0. The van der Waals surface area contributed by atoms with E-state index in [1.54, 1.807) is 0 Å². The average molecular weight is 419 g/mol. The van der Waals surface area contributed by atoms with Crippen LogP contribution in [-0.4, -0.2) is 16.1 Å². The van der Waals surface area contributed by atoms with E-state index in [9.17, 15) is 4.79 Å². The molecule has 1 aliphatic rings. The van der Waals surface area contributed by atoms with Crippen molar-refractivity contribution in [3.63, 3.8) is 0 Å². The van der Waals surface area contributed by atoms with Gasteiger partial charge in [-0.1, -0.05) is 55.5 Å². The number of esters is 1. The molecule has 0 aliphatic heterocycles. The summed E-state index contributed by atoms with van der Waals surface area (Å²) in [7, 11) is 0. The second-order valence-corrected chi connectivity index (χ2v) is 9.87. The monoisotopic (exact) mass is 418 g/mol. The second kappa shape index (κ2) is 8.51. The zero-order chi connectivity index (χ0) is 22.2. The van der Waals surface area contributed by atoms with Crippen LogP contribution in [0.1, 0.15) is 69.3 Å². The molecule has 0 amide bonds. The molecule has 0 saturated carbocycles. The molecule has 2 unspecified atom stereocenters. The van der Waals surface area contributed by atoms with Gasteiger partial charge in [-0.05, 0) is 62.6 Å². The van der Waals surface area contributed by atoms with Crippen LogP contribution in [-0.2, 0) is 22.5 Å². The Bertz CT molecular complexity index is 1060. The fraction of sp³-hybridized carbons (Fsp3) is 0.444. The van der Waals surface area contributed by atoms with E-state index in [0.717, 1.165) is 12.8 Å². The minimum atomic E-state index is -0.466. The van der Waals surface area contributed by atoms with E-state index in [0.29, 0.717) is 24.8 Å². The molecule has 3 atom stereocenters. The number of aromatic nitrogens is 1. The Kier molecular flexibility index (Phi) is 5.94. The molecule has 0 radical (unpaired) electrons. The molecule has 2 N–H and O–H groups in total. The van der Waals surface area contributed by atoms with Crippen LogP contribution in [0.15, 0.2) is 54.6 Å². The molecule has 1 heterocycles. The van der Waals surface area contributed by atoms with Crippen LogP contribution in [0, 0.1) is 5.92 Å². The number of hydrogen-bond acceptors (Lipinski definition) is 3. The highest BCUT2D eigenvalue weighted by Gasteiger charge is 2.33. The SMILES string of the molecule is CC(c1ccccc1)C1Cc2c(n(CCC(=O)OC(C)(C)C)c3ccccc23)[C@H](N)C1. The smallest absolute Gasteiger partial charge is 0.308 e. The summed E-state index contributed by atoms with van der Waals surface area (Å²) in [5.41, 5.74) is 11.4. The molecule has 4 nitrogen and oxygen atoms in total. The summed E-state index contributed by atoms with van der Waals surface area (Å²) in [6.45, 7) is 8.63. The van der Waals surface area contributed by atoms with Gasteiger partial charge in [0.05, 0.1) is 6.42 Å². The van der Waals surface area contributed by atoms with E-state index in [4.69, 9.17) is 10.5 Å². The van der Waals surface area contributed by atoms with Crippen LogP contribution < -0.4 is 5.73 Å². The van der Waals surface area contributed by atoms with Crippen molar-refractivity contribution in [1.82, 2.24) is 4.57 Å². The lowest BCUT2D eigenvalue weighted by Gasteiger charge is -2.33. The number of aryl methyl sites for hydroxylation is 1. The summed E-state index contributed by atoms with van der Waals surface area (Å²) < 4.78 is 7.80. The van der Waals surface area contributed by atoms with Gasteiger partial charge in [0.25, 0.3) is 0 Å². The Morgan fingerprint density at radius 2 is 1.81 bits per heavy atom. The van der Waals surface area contributed by atoms with Gasteiger partial charge in [-0.25, -0.2) is 0 Å². The van der Waals surface area contributed by atoms with Gasteiger partial charge in [0.2, 0.25) is 0 Å². The number of ether oxygens (including phenoxy) is 1. The molecular formula is C27H34N2O2. The predicted octanol–water partition coefficient (Wildman–Crippen LogP) is 5.74. The van der Waals surface area contributed by atoms with Crippen molar-refractivity contribution in [1.29, 1.82) is 0 Å². The maximum Gasteiger partial charge on any atom is 0.308 e. The zero-order valence-corrected chi connectivity index (χ0v) is 19.1. The first-order chi connectivity index (χ1) is 14.7. The molecule has 4 heteroatoms. The van der Waals surface area contributed by atoms with Crippen molar-refractivity contribution >= 4 is 16.9 Å². The largest absolute Gasteiger partial charge is 0.460 e. The number of nitrogens with two attached hydrogens (primary N) is 1. The van der Waals surface area contributed by atoms with Crippen molar-refractivity contribution in [2.75, 3.05) is 0 Å². The maximum atomic E-state index is 12.4. The molecular weight excluding hydrogens is 384 g/mol. The van der Waals surface area contributed by atoms with Crippen LogP contribution in [0.5, 0.6) is 0 Å². The molecule has 164 valence electrons. The fourth-order valence-electron chi connectivity index (χ4n) is 5.06. The van der Waals surface area contributed by atoms with Gasteiger partial charge >= 0.3 is 5.97 Å². The summed E-state index contributed by atoms with van der Waals surface area (Å²) in [5.74, 6) is 0.776. The van der Waals surface area contributed by atoms with Crippen molar-refractivity contribution in [2.24, 2.45) is 11.7 Å². The first-order valence-corrected chi connectivity index (χ1v) is 11.4. The highest BCUT2D eigenvalue weighted by Crippen LogP contribution is 2.43. The van der Waals surface area contributed by atoms with Crippen LogP contribution in [0.3, 0.4) is 0 Å². The Morgan fingerprint density at radius 1 is 1.13 bits per heavy atom. The Morgan fingerprint density at radius 3 is 2.52 bits per heavy atom. The van der Waals surface area contributed by atoms with Crippen molar-refractivity contribution in [3.8, 4) is 0 Å². The van der Waals surface area contributed by atoms with Gasteiger partial charge in [0.15, 0.2) is 0 Å². The fourth-order valence-corrected chi connectivity index (χ4v) is 5.06. The summed E-state index contributed by atoms with van der Waals surface area (Å²) in [6, 6.07) is 19.2. The highest BCUT2D eigenvalue weighted by molar-refractivity contribution is 5.86. The third kappa shape index (κ3) is 4.54. The molecule has 4 rings (SSSR count). The minimum Gasteiger partial charge on any atom is -0.460 e. The normalized spacial score (nSPS) is 19.8. The summed E-state index contributed by atoms with van der Waals surface area (Å²) in [6.07, 6.45) is 2.31. The Balaban J connectivity index is 1.64. The molecule has 2 aromatic carbocycles. The van der Waals surface area contributed by atoms with Gasteiger partial charge in [-0.15, -0.1) is 0 Å². The van der Waals surface area contributed by atoms with E-state index in [2.05, 4.69) is 66.1 Å². The quantitative estimate of drug-likeness (QED) is 0.538. The Labute approximate surface area is 185 Å². The summed E-state index contributed by atoms with van der Waals surface area (Å²) in [4.78, 5) is 12.4. The van der Waals surface area contributed by atoms with Crippen molar-refractivity contribution in [2.45, 2.75) is 71.1 Å². The number of fused-ring (bicyclic) bond motifs is 3. The van der Waals surface area contributed by atoms with E-state index < -0.39 is 5.60 Å². The second-order valence-electron chi connectivity index (χ2n) is 9.87. The number of hydrogen-bond donors (Lipinski definition) is 1. The third-order valence-electron chi connectivity index (χ3n) is 6.49. The molecule has 3 aromatic rings. The van der Waals surface area contributed by atoms with Crippen molar-refractivity contribution < 1.29 is 9.53 Å². The van der Waals surface area contributed by atoms with E-state index >= 15 is 0 Å². The number of carbonyl (C=O) groups excluding carboxylic acids is 1. The van der Waals surface area contributed by atoms with Gasteiger partial charge in [-0.2, -0.15) is 0 Å². The van der Waals surface area contributed by atoms with E-state index in [1.807, 2.05) is 20.8 Å². The van der Waals surface area contributed by atoms with Crippen LogP contribution in [0.25, 0.3) is 10.9 Å². The molecule has 1 aliphatic carbocycles. The van der Waals surface area contributed by atoms with Gasteiger partial charge in [0.1, 0.15) is 5.60 Å². The standard InChI is InChI=1S/C27H34N2O2/c1-18(19-10-6-5-7-11-19)20-16-22-21-12-8-9-13-24(21)29(26(22)23(28)17-20)15-14-25(30)31-27(2,3)4/h5-13,18,20,23H,14-17,28H2,1-4H3/t18?,20?,23-/m1/s1. The first-order valence-electron chi connectivity index (χ1n) is 11.4. The minimum absolute atomic E-state index is 0.0362. The average Bonchev–Trinajstić information content (AvgIpc) is 3.05. The lowest BCUT2D eigenvalue weighted by molar-refractivity contribution is -0.155. The third-order valence-corrected chi connectivity index (χ3v) is 6.49. The van der Waals surface area contributed by atoms with Gasteiger partial charge in [-0.3, -0.25) is 4.79 Å². The molecule has 0 spiro atoms. The first kappa shape index (κ1) is 21.6. The molecule has 1 aromatic heterocycles. The van der Waals surface area contributed by atoms with Crippen molar-refractivity contribution in [3.05, 3.63) is 71.4 Å². The predicted molar refractivity (Wildman–Crippen MR) is 126 cm³/mol. The number of benzene rings is 2. The highest BCUT2D eigenvalue weighted by atomic mass is 16.6. The maximum absolute atomic E-state index is 12.4. The number of para-hydroxylation sites is 1. The molecule has 0 saturated heterocycles. The number of nitrogens with zero attached hydrogens (tertiary/aromatic N) is 1. The topological polar surface area (TPSA) is 57.2 Å². The van der Waals surface area contributed by atoms with Gasteiger partial charge in [0, 0.05) is 29.2 Å².